The molecule has 2 rings (SSSR count). The van der Waals surface area contributed by atoms with Gasteiger partial charge in [0.05, 0.1) is 7.11 Å². The summed E-state index contributed by atoms with van der Waals surface area (Å²) in [7, 11) is 1.67. The summed E-state index contributed by atoms with van der Waals surface area (Å²) in [6.07, 6.45) is 1.12. The molecule has 1 N–H and O–H groups in total. The van der Waals surface area contributed by atoms with Crippen LogP contribution in [0.4, 0.5) is 0 Å². The van der Waals surface area contributed by atoms with Crippen LogP contribution >= 0.6 is 12.4 Å². The van der Waals surface area contributed by atoms with Crippen LogP contribution in [0.2, 0.25) is 0 Å². The number of ether oxygens (including phenoxy) is 2. The molecule has 0 saturated carbocycles. The smallest absolute Gasteiger partial charge is 0.166 e. The number of hydrogen-bond donors (Lipinski definition) is 1. The summed E-state index contributed by atoms with van der Waals surface area (Å²) in [5.74, 6) is 1.61. The molecule has 2 aromatic rings. The number of methoxy groups -OCH3 is 1. The van der Waals surface area contributed by atoms with Gasteiger partial charge in [0, 0.05) is 12.1 Å². The standard InChI is InChI=1S/C18H23NO2.ClH/c1-3-12-19-13-16-10-7-11-17(20-2)18(16)21-14-15-8-5-4-6-9-15;/h4-11,19H,3,12-14H2,1-2H3;1H. The van der Waals surface area contributed by atoms with Crippen molar-refractivity contribution in [3.05, 3.63) is 59.7 Å². The largest absolute Gasteiger partial charge is 0.493 e. The molecule has 0 aliphatic heterocycles. The van der Waals surface area contributed by atoms with Gasteiger partial charge in [0.15, 0.2) is 11.5 Å². The minimum Gasteiger partial charge on any atom is -0.493 e. The van der Waals surface area contributed by atoms with Gasteiger partial charge >= 0.3 is 0 Å². The normalized spacial score (nSPS) is 9.91. The Bertz CT molecular complexity index is 546. The fourth-order valence-electron chi connectivity index (χ4n) is 2.15. The Morgan fingerprint density at radius 3 is 2.45 bits per heavy atom. The van der Waals surface area contributed by atoms with Crippen molar-refractivity contribution in [2.24, 2.45) is 0 Å². The molecule has 0 amide bonds. The second kappa shape index (κ2) is 10.1. The molecule has 0 aliphatic rings. The van der Waals surface area contributed by atoms with Gasteiger partial charge in [-0.05, 0) is 24.6 Å². The lowest BCUT2D eigenvalue weighted by molar-refractivity contribution is 0.280. The van der Waals surface area contributed by atoms with Gasteiger partial charge in [-0.15, -0.1) is 12.4 Å². The number of nitrogens with one attached hydrogen (secondary N) is 1. The second-order valence-corrected chi connectivity index (χ2v) is 4.90. The van der Waals surface area contributed by atoms with E-state index in [1.807, 2.05) is 30.3 Å². The Balaban J connectivity index is 0.00000242. The van der Waals surface area contributed by atoms with E-state index in [0.29, 0.717) is 6.61 Å². The zero-order chi connectivity index (χ0) is 14.9. The molecule has 0 aliphatic carbocycles. The summed E-state index contributed by atoms with van der Waals surface area (Å²) >= 11 is 0. The fourth-order valence-corrected chi connectivity index (χ4v) is 2.15. The van der Waals surface area contributed by atoms with Crippen molar-refractivity contribution < 1.29 is 9.47 Å². The van der Waals surface area contributed by atoms with Crippen LogP contribution in [0.1, 0.15) is 24.5 Å². The zero-order valence-corrected chi connectivity index (χ0v) is 14.0. The highest BCUT2D eigenvalue weighted by molar-refractivity contribution is 5.85. The molecule has 3 nitrogen and oxygen atoms in total. The number of rotatable bonds is 8. The van der Waals surface area contributed by atoms with E-state index in [9.17, 15) is 0 Å². The molecule has 0 atom stereocenters. The predicted octanol–water partition coefficient (Wildman–Crippen LogP) is 4.20. The molecule has 0 bridgehead atoms. The Kier molecular flexibility index (Phi) is 8.41. The summed E-state index contributed by atoms with van der Waals surface area (Å²) < 4.78 is 11.4. The average molecular weight is 322 g/mol. The molecule has 2 aromatic carbocycles. The van der Waals surface area contributed by atoms with Crippen molar-refractivity contribution in [2.75, 3.05) is 13.7 Å². The summed E-state index contributed by atoms with van der Waals surface area (Å²) in [5.41, 5.74) is 2.27. The predicted molar refractivity (Wildman–Crippen MR) is 93.0 cm³/mol. The van der Waals surface area contributed by atoms with Crippen LogP contribution in [0, 0.1) is 0 Å². The topological polar surface area (TPSA) is 30.5 Å². The lowest BCUT2D eigenvalue weighted by Gasteiger charge is -2.15. The van der Waals surface area contributed by atoms with Crippen LogP contribution in [0.25, 0.3) is 0 Å². The van der Waals surface area contributed by atoms with Crippen molar-refractivity contribution in [2.45, 2.75) is 26.5 Å². The maximum atomic E-state index is 6.01. The molecule has 0 aromatic heterocycles. The molecule has 120 valence electrons. The van der Waals surface area contributed by atoms with Crippen molar-refractivity contribution in [3.8, 4) is 11.5 Å². The van der Waals surface area contributed by atoms with Gasteiger partial charge in [-0.25, -0.2) is 0 Å². The van der Waals surface area contributed by atoms with Crippen molar-refractivity contribution >= 4 is 12.4 Å². The fraction of sp³-hybridized carbons (Fsp3) is 0.333. The highest BCUT2D eigenvalue weighted by Gasteiger charge is 2.10. The van der Waals surface area contributed by atoms with Crippen molar-refractivity contribution in [1.82, 2.24) is 5.32 Å². The Labute approximate surface area is 139 Å². The van der Waals surface area contributed by atoms with E-state index in [2.05, 4.69) is 30.4 Å². The first-order valence-electron chi connectivity index (χ1n) is 7.38. The third-order valence-electron chi connectivity index (χ3n) is 3.25. The number of benzene rings is 2. The van der Waals surface area contributed by atoms with Gasteiger partial charge in [0.1, 0.15) is 6.61 Å². The second-order valence-electron chi connectivity index (χ2n) is 4.90. The quantitative estimate of drug-likeness (QED) is 0.739. The molecule has 0 unspecified atom stereocenters. The number of hydrogen-bond acceptors (Lipinski definition) is 3. The van der Waals surface area contributed by atoms with E-state index >= 15 is 0 Å². The van der Waals surface area contributed by atoms with Gasteiger partial charge in [0.25, 0.3) is 0 Å². The number of para-hydroxylation sites is 1. The average Bonchev–Trinajstić information content (AvgIpc) is 2.54. The summed E-state index contributed by atoms with van der Waals surface area (Å²) in [6.45, 7) is 4.48. The van der Waals surface area contributed by atoms with Crippen LogP contribution in [-0.4, -0.2) is 13.7 Å². The van der Waals surface area contributed by atoms with Crippen molar-refractivity contribution in [3.63, 3.8) is 0 Å². The summed E-state index contributed by atoms with van der Waals surface area (Å²) in [5, 5.41) is 3.41. The van der Waals surface area contributed by atoms with Gasteiger partial charge in [-0.2, -0.15) is 0 Å². The SMILES string of the molecule is CCCNCc1cccc(OC)c1OCc1ccccc1.Cl. The lowest BCUT2D eigenvalue weighted by Crippen LogP contribution is -2.15. The lowest BCUT2D eigenvalue weighted by atomic mass is 10.1. The summed E-state index contributed by atoms with van der Waals surface area (Å²) in [4.78, 5) is 0. The van der Waals surface area contributed by atoms with Gasteiger partial charge in [0.2, 0.25) is 0 Å². The number of halogens is 1. The Hall–Kier alpha value is -1.71. The van der Waals surface area contributed by atoms with E-state index in [-0.39, 0.29) is 12.4 Å². The monoisotopic (exact) mass is 321 g/mol. The first kappa shape index (κ1) is 18.3. The molecule has 0 radical (unpaired) electrons. The molecule has 0 fully saturated rings. The summed E-state index contributed by atoms with van der Waals surface area (Å²) in [6, 6.07) is 16.2. The van der Waals surface area contributed by atoms with Crippen LogP contribution in [-0.2, 0) is 13.2 Å². The highest BCUT2D eigenvalue weighted by Crippen LogP contribution is 2.31. The zero-order valence-electron chi connectivity index (χ0n) is 13.2. The van der Waals surface area contributed by atoms with E-state index in [1.165, 1.54) is 0 Å². The molecule has 0 spiro atoms. The first-order chi connectivity index (χ1) is 10.3. The first-order valence-corrected chi connectivity index (χ1v) is 7.38. The van der Waals surface area contributed by atoms with Gasteiger partial charge < -0.3 is 14.8 Å². The van der Waals surface area contributed by atoms with E-state index in [0.717, 1.165) is 42.1 Å². The van der Waals surface area contributed by atoms with Crippen molar-refractivity contribution in [1.29, 1.82) is 0 Å². The van der Waals surface area contributed by atoms with Gasteiger partial charge in [-0.1, -0.05) is 49.4 Å². The van der Waals surface area contributed by atoms with Crippen LogP contribution in [0.15, 0.2) is 48.5 Å². The molecular formula is C18H24ClNO2. The molecule has 4 heteroatoms. The van der Waals surface area contributed by atoms with Crippen LogP contribution in [0.3, 0.4) is 0 Å². The minimum atomic E-state index is 0. The Morgan fingerprint density at radius 1 is 1.00 bits per heavy atom. The van der Waals surface area contributed by atoms with E-state index in [4.69, 9.17) is 9.47 Å². The molecule has 22 heavy (non-hydrogen) atoms. The van der Waals surface area contributed by atoms with E-state index < -0.39 is 0 Å². The maximum Gasteiger partial charge on any atom is 0.166 e. The molecular weight excluding hydrogens is 298 g/mol. The van der Waals surface area contributed by atoms with Crippen LogP contribution in [0.5, 0.6) is 11.5 Å². The minimum absolute atomic E-state index is 0. The molecule has 0 saturated heterocycles. The Morgan fingerprint density at radius 2 is 1.77 bits per heavy atom. The van der Waals surface area contributed by atoms with Crippen LogP contribution < -0.4 is 14.8 Å². The molecule has 0 heterocycles. The highest BCUT2D eigenvalue weighted by atomic mass is 35.5. The van der Waals surface area contributed by atoms with Gasteiger partial charge in [-0.3, -0.25) is 0 Å². The maximum absolute atomic E-state index is 6.01. The third kappa shape index (κ3) is 5.24. The van der Waals surface area contributed by atoms with E-state index in [1.54, 1.807) is 7.11 Å². The third-order valence-corrected chi connectivity index (χ3v) is 3.25.